The molecule has 7 nitrogen and oxygen atoms in total. The van der Waals surface area contributed by atoms with Crippen LogP contribution in [0.15, 0.2) is 48.5 Å². The first-order chi connectivity index (χ1) is 12.1. The van der Waals surface area contributed by atoms with Crippen LogP contribution in [0.1, 0.15) is 48.0 Å². The van der Waals surface area contributed by atoms with Gasteiger partial charge in [-0.3, -0.25) is 9.59 Å². The largest absolute Gasteiger partial charge is 0.478 e. The van der Waals surface area contributed by atoms with Crippen molar-refractivity contribution in [3.8, 4) is 0 Å². The van der Waals surface area contributed by atoms with Crippen molar-refractivity contribution in [1.29, 1.82) is 0 Å². The van der Waals surface area contributed by atoms with E-state index in [9.17, 15) is 14.4 Å². The molecule has 25 heavy (non-hydrogen) atoms. The number of benzene rings is 2. The lowest BCUT2D eigenvalue weighted by atomic mass is 9.90. The predicted molar refractivity (Wildman–Crippen MR) is 85.8 cm³/mol. The smallest absolute Gasteiger partial charge is 0.335 e. The second-order valence-corrected chi connectivity index (χ2v) is 5.65. The first-order valence-corrected chi connectivity index (χ1v) is 7.50. The van der Waals surface area contributed by atoms with Crippen molar-refractivity contribution in [3.05, 3.63) is 82.2 Å². The number of ketones is 2. The second-order valence-electron chi connectivity index (χ2n) is 5.65. The lowest BCUT2D eigenvalue weighted by Crippen LogP contribution is -2.23. The summed E-state index contributed by atoms with van der Waals surface area (Å²) < 4.78 is 1.34. The highest BCUT2D eigenvalue weighted by atomic mass is 16.4. The molecule has 0 radical (unpaired) electrons. The van der Waals surface area contributed by atoms with Gasteiger partial charge in [0.2, 0.25) is 11.6 Å². The zero-order valence-corrected chi connectivity index (χ0v) is 12.8. The molecule has 0 saturated carbocycles. The summed E-state index contributed by atoms with van der Waals surface area (Å²) in [5.74, 6) is -1.69. The summed E-state index contributed by atoms with van der Waals surface area (Å²) in [5, 5.41) is 16.9. The molecule has 1 aliphatic carbocycles. The van der Waals surface area contributed by atoms with Gasteiger partial charge in [0.05, 0.1) is 12.1 Å². The lowest BCUT2D eigenvalue weighted by Gasteiger charge is -2.14. The minimum absolute atomic E-state index is 0.0260. The first kappa shape index (κ1) is 14.9. The zero-order valence-electron chi connectivity index (χ0n) is 12.8. The van der Waals surface area contributed by atoms with E-state index in [0.29, 0.717) is 16.7 Å². The Morgan fingerprint density at radius 3 is 2.44 bits per heavy atom. The average Bonchev–Trinajstić information content (AvgIpc) is 3.04. The van der Waals surface area contributed by atoms with E-state index < -0.39 is 5.97 Å². The van der Waals surface area contributed by atoms with Gasteiger partial charge in [-0.25, -0.2) is 9.48 Å². The standard InChI is InChI=1S/C18H11N3O4/c22-16-12-6-1-2-7-13(12)17(23)15-14(16)19-20-21(15)9-10-4-3-5-11(8-10)18(24)25/h1-8H,9H2,(H,24,25). The van der Waals surface area contributed by atoms with E-state index in [-0.39, 0.29) is 35.1 Å². The number of carbonyl (C=O) groups excluding carboxylic acids is 2. The van der Waals surface area contributed by atoms with E-state index >= 15 is 0 Å². The Kier molecular flexibility index (Phi) is 3.28. The molecule has 0 spiro atoms. The molecule has 2 aromatic carbocycles. The van der Waals surface area contributed by atoms with Crippen LogP contribution >= 0.6 is 0 Å². The van der Waals surface area contributed by atoms with Crippen molar-refractivity contribution in [3.63, 3.8) is 0 Å². The quantitative estimate of drug-likeness (QED) is 0.613. The average molecular weight is 333 g/mol. The van der Waals surface area contributed by atoms with Crippen molar-refractivity contribution in [1.82, 2.24) is 15.0 Å². The number of hydrogen-bond donors (Lipinski definition) is 1. The van der Waals surface area contributed by atoms with Gasteiger partial charge >= 0.3 is 5.97 Å². The summed E-state index contributed by atoms with van der Waals surface area (Å²) in [6.45, 7) is 0.143. The first-order valence-electron chi connectivity index (χ1n) is 7.50. The van der Waals surface area contributed by atoms with E-state index in [1.54, 1.807) is 36.4 Å². The van der Waals surface area contributed by atoms with Crippen molar-refractivity contribution >= 4 is 17.5 Å². The minimum atomic E-state index is -1.04. The highest BCUT2D eigenvalue weighted by Gasteiger charge is 2.34. The van der Waals surface area contributed by atoms with Gasteiger partial charge < -0.3 is 5.11 Å². The Bertz CT molecular complexity index is 1050. The molecule has 3 aromatic rings. The van der Waals surface area contributed by atoms with Gasteiger partial charge in [-0.1, -0.05) is 41.6 Å². The molecule has 0 amide bonds. The highest BCUT2D eigenvalue weighted by molar-refractivity contribution is 6.26. The molecule has 0 aliphatic heterocycles. The van der Waals surface area contributed by atoms with Crippen molar-refractivity contribution < 1.29 is 19.5 Å². The molecule has 0 bridgehead atoms. The van der Waals surface area contributed by atoms with Crippen LogP contribution in [0, 0.1) is 0 Å². The van der Waals surface area contributed by atoms with E-state index in [2.05, 4.69) is 10.3 Å². The molecule has 0 unspecified atom stereocenters. The topological polar surface area (TPSA) is 102 Å². The van der Waals surface area contributed by atoms with Crippen LogP contribution in [0.3, 0.4) is 0 Å². The number of carboxylic acids is 1. The Balaban J connectivity index is 1.77. The van der Waals surface area contributed by atoms with Crippen molar-refractivity contribution in [2.45, 2.75) is 6.54 Å². The predicted octanol–water partition coefficient (Wildman–Crippen LogP) is 1.80. The zero-order chi connectivity index (χ0) is 17.6. The van der Waals surface area contributed by atoms with Crippen LogP contribution in [0.25, 0.3) is 0 Å². The van der Waals surface area contributed by atoms with Crippen LogP contribution < -0.4 is 0 Å². The molecule has 0 fully saturated rings. The second kappa shape index (κ2) is 5.48. The number of aromatic carboxylic acids is 1. The summed E-state index contributed by atoms with van der Waals surface area (Å²) >= 11 is 0. The third-order valence-corrected chi connectivity index (χ3v) is 4.09. The van der Waals surface area contributed by atoms with Crippen molar-refractivity contribution in [2.75, 3.05) is 0 Å². The van der Waals surface area contributed by atoms with Gasteiger partial charge in [0.25, 0.3) is 0 Å². The third-order valence-electron chi connectivity index (χ3n) is 4.09. The lowest BCUT2D eigenvalue weighted by molar-refractivity contribution is 0.0696. The third kappa shape index (κ3) is 2.33. The van der Waals surface area contributed by atoms with Gasteiger partial charge in [-0.15, -0.1) is 5.10 Å². The minimum Gasteiger partial charge on any atom is -0.478 e. The molecule has 4 rings (SSSR count). The Morgan fingerprint density at radius 2 is 1.72 bits per heavy atom. The Morgan fingerprint density at radius 1 is 1.00 bits per heavy atom. The maximum Gasteiger partial charge on any atom is 0.335 e. The highest BCUT2D eigenvalue weighted by Crippen LogP contribution is 2.26. The van der Waals surface area contributed by atoms with Gasteiger partial charge in [0, 0.05) is 11.1 Å². The molecular formula is C18H11N3O4. The Hall–Kier alpha value is -3.61. The summed E-state index contributed by atoms with van der Waals surface area (Å²) in [5.41, 5.74) is 1.58. The normalized spacial score (nSPS) is 12.6. The molecule has 0 saturated heterocycles. The summed E-state index contributed by atoms with van der Waals surface area (Å²) in [6.07, 6.45) is 0. The summed E-state index contributed by atoms with van der Waals surface area (Å²) in [6, 6.07) is 12.9. The monoisotopic (exact) mass is 333 g/mol. The van der Waals surface area contributed by atoms with Gasteiger partial charge in [-0.2, -0.15) is 0 Å². The van der Waals surface area contributed by atoms with Crippen LogP contribution in [-0.4, -0.2) is 37.6 Å². The summed E-state index contributed by atoms with van der Waals surface area (Å²) in [7, 11) is 0. The van der Waals surface area contributed by atoms with Gasteiger partial charge in [-0.05, 0) is 17.7 Å². The molecule has 1 heterocycles. The fourth-order valence-corrected chi connectivity index (χ4v) is 2.91. The molecule has 1 aromatic heterocycles. The molecular weight excluding hydrogens is 322 g/mol. The number of nitrogens with zero attached hydrogens (tertiary/aromatic N) is 3. The number of hydrogen-bond acceptors (Lipinski definition) is 5. The molecule has 1 aliphatic rings. The van der Waals surface area contributed by atoms with E-state index in [4.69, 9.17) is 5.11 Å². The fourth-order valence-electron chi connectivity index (χ4n) is 2.91. The van der Waals surface area contributed by atoms with Crippen LogP contribution in [-0.2, 0) is 6.54 Å². The van der Waals surface area contributed by atoms with Crippen LogP contribution in [0.2, 0.25) is 0 Å². The summed E-state index contributed by atoms with van der Waals surface area (Å²) in [4.78, 5) is 36.4. The SMILES string of the molecule is O=C(O)c1cccc(Cn2nnc3c2C(=O)c2ccccc2C3=O)c1. The Labute approximate surface area is 141 Å². The van der Waals surface area contributed by atoms with Crippen molar-refractivity contribution in [2.24, 2.45) is 0 Å². The van der Waals surface area contributed by atoms with Gasteiger partial charge in [0.15, 0.2) is 5.69 Å². The fraction of sp³-hybridized carbons (Fsp3) is 0.0556. The maximum atomic E-state index is 12.8. The maximum absolute atomic E-state index is 12.8. The van der Waals surface area contributed by atoms with Gasteiger partial charge in [0.1, 0.15) is 5.69 Å². The number of fused-ring (bicyclic) bond motifs is 2. The number of aromatic nitrogens is 3. The van der Waals surface area contributed by atoms with E-state index in [1.165, 1.54) is 16.8 Å². The van der Waals surface area contributed by atoms with Crippen LogP contribution in [0.5, 0.6) is 0 Å². The number of rotatable bonds is 3. The van der Waals surface area contributed by atoms with E-state index in [0.717, 1.165) is 0 Å². The number of carboxylic acid groups (broad SMARTS) is 1. The number of carbonyl (C=O) groups is 3. The van der Waals surface area contributed by atoms with Crippen LogP contribution in [0.4, 0.5) is 0 Å². The molecule has 1 N–H and O–H groups in total. The molecule has 7 heteroatoms. The van der Waals surface area contributed by atoms with E-state index in [1.807, 2.05) is 0 Å². The molecule has 0 atom stereocenters. The molecule has 122 valence electrons.